The third-order valence-electron chi connectivity index (χ3n) is 4.80. The Balaban J connectivity index is 1.57. The molecule has 2 aromatic carbocycles. The molecule has 1 unspecified atom stereocenters. The number of benzene rings is 2. The van der Waals surface area contributed by atoms with E-state index in [1.165, 1.54) is 7.11 Å². The van der Waals surface area contributed by atoms with Crippen molar-refractivity contribution < 1.29 is 19.1 Å². The van der Waals surface area contributed by atoms with Crippen LogP contribution in [0.3, 0.4) is 0 Å². The summed E-state index contributed by atoms with van der Waals surface area (Å²) >= 11 is 6.06. The number of ether oxygens (including phenoxy) is 2. The maximum atomic E-state index is 12.5. The first-order valence-electron chi connectivity index (χ1n) is 9.06. The van der Waals surface area contributed by atoms with Gasteiger partial charge < -0.3 is 19.7 Å². The normalized spacial score (nSPS) is 16.2. The van der Waals surface area contributed by atoms with Gasteiger partial charge in [0.25, 0.3) is 0 Å². The van der Waals surface area contributed by atoms with E-state index in [4.69, 9.17) is 21.1 Å². The third kappa shape index (κ3) is 4.57. The van der Waals surface area contributed by atoms with Crippen LogP contribution >= 0.6 is 11.6 Å². The number of carbonyl (C=O) groups is 2. The fourth-order valence-electron chi connectivity index (χ4n) is 3.26. The van der Waals surface area contributed by atoms with E-state index < -0.39 is 5.92 Å². The first kappa shape index (κ1) is 20.0. The molecule has 2 aromatic rings. The van der Waals surface area contributed by atoms with Gasteiger partial charge in [0.1, 0.15) is 11.5 Å². The van der Waals surface area contributed by atoms with Gasteiger partial charge in [0.05, 0.1) is 25.8 Å². The van der Waals surface area contributed by atoms with Crippen LogP contribution in [0, 0.1) is 5.92 Å². The molecule has 0 bridgehead atoms. The Labute approximate surface area is 169 Å². The maximum absolute atomic E-state index is 12.5. The number of nitrogens with one attached hydrogen (secondary N) is 1. The number of amides is 2. The second-order valence-corrected chi connectivity index (χ2v) is 7.05. The van der Waals surface area contributed by atoms with Crippen LogP contribution in [0.4, 0.5) is 5.69 Å². The van der Waals surface area contributed by atoms with Gasteiger partial charge in [0.15, 0.2) is 0 Å². The van der Waals surface area contributed by atoms with Crippen molar-refractivity contribution in [2.75, 3.05) is 32.2 Å². The fourth-order valence-corrected chi connectivity index (χ4v) is 3.42. The Morgan fingerprint density at radius 3 is 2.61 bits per heavy atom. The van der Waals surface area contributed by atoms with Crippen molar-refractivity contribution in [3.63, 3.8) is 0 Å². The third-order valence-corrected chi connectivity index (χ3v) is 5.03. The lowest BCUT2D eigenvalue weighted by molar-refractivity contribution is -0.126. The highest BCUT2D eigenvalue weighted by molar-refractivity contribution is 6.31. The van der Waals surface area contributed by atoms with E-state index in [0.29, 0.717) is 36.0 Å². The van der Waals surface area contributed by atoms with Crippen LogP contribution < -0.4 is 19.7 Å². The Kier molecular flexibility index (Phi) is 6.41. The highest BCUT2D eigenvalue weighted by atomic mass is 35.5. The van der Waals surface area contributed by atoms with Crippen LogP contribution in [0.5, 0.6) is 11.5 Å². The van der Waals surface area contributed by atoms with Crippen molar-refractivity contribution in [2.45, 2.75) is 12.8 Å². The molecule has 148 valence electrons. The van der Waals surface area contributed by atoms with Gasteiger partial charge in [-0.05, 0) is 42.3 Å². The van der Waals surface area contributed by atoms with Crippen LogP contribution in [0.15, 0.2) is 42.5 Å². The summed E-state index contributed by atoms with van der Waals surface area (Å²) in [5, 5.41) is 3.44. The van der Waals surface area contributed by atoms with Crippen molar-refractivity contribution in [1.29, 1.82) is 0 Å². The fraction of sp³-hybridized carbons (Fsp3) is 0.333. The lowest BCUT2D eigenvalue weighted by Crippen LogP contribution is -2.34. The molecule has 1 heterocycles. The number of anilines is 1. The minimum Gasteiger partial charge on any atom is -0.497 e. The van der Waals surface area contributed by atoms with Crippen LogP contribution in [0.2, 0.25) is 5.02 Å². The molecular weight excluding hydrogens is 380 g/mol. The molecule has 0 saturated carbocycles. The smallest absolute Gasteiger partial charge is 0.227 e. The van der Waals surface area contributed by atoms with Crippen LogP contribution in [-0.4, -0.2) is 39.1 Å². The summed E-state index contributed by atoms with van der Waals surface area (Å²) in [5.74, 6) is 0.723. The van der Waals surface area contributed by atoms with E-state index >= 15 is 0 Å². The minimum absolute atomic E-state index is 0.115. The predicted molar refractivity (Wildman–Crippen MR) is 108 cm³/mol. The Morgan fingerprint density at radius 2 is 1.93 bits per heavy atom. The molecule has 1 atom stereocenters. The van der Waals surface area contributed by atoms with Gasteiger partial charge in [-0.3, -0.25) is 9.59 Å². The number of methoxy groups -OCH3 is 2. The number of carbonyl (C=O) groups excluding carboxylic acids is 2. The van der Waals surface area contributed by atoms with Crippen molar-refractivity contribution >= 4 is 29.1 Å². The van der Waals surface area contributed by atoms with E-state index in [-0.39, 0.29) is 18.2 Å². The molecule has 1 saturated heterocycles. The Morgan fingerprint density at radius 1 is 1.18 bits per heavy atom. The predicted octanol–water partition coefficient (Wildman–Crippen LogP) is 3.07. The minimum atomic E-state index is -0.396. The highest BCUT2D eigenvalue weighted by Gasteiger charge is 2.36. The van der Waals surface area contributed by atoms with Crippen LogP contribution in [0.1, 0.15) is 12.0 Å². The summed E-state index contributed by atoms with van der Waals surface area (Å²) in [6.07, 6.45) is 0.881. The first-order chi connectivity index (χ1) is 13.5. The number of halogens is 1. The zero-order valence-electron chi connectivity index (χ0n) is 15.9. The van der Waals surface area contributed by atoms with E-state index in [9.17, 15) is 9.59 Å². The molecule has 0 radical (unpaired) electrons. The molecule has 7 heteroatoms. The first-order valence-corrected chi connectivity index (χ1v) is 9.44. The van der Waals surface area contributed by atoms with Gasteiger partial charge in [-0.15, -0.1) is 0 Å². The van der Waals surface area contributed by atoms with Gasteiger partial charge in [-0.2, -0.15) is 0 Å². The molecule has 0 spiro atoms. The van der Waals surface area contributed by atoms with Gasteiger partial charge in [-0.25, -0.2) is 0 Å². The summed E-state index contributed by atoms with van der Waals surface area (Å²) < 4.78 is 10.5. The van der Waals surface area contributed by atoms with E-state index in [1.54, 1.807) is 30.2 Å². The molecule has 2 amide bonds. The maximum Gasteiger partial charge on any atom is 0.227 e. The van der Waals surface area contributed by atoms with Crippen molar-refractivity contribution in [3.8, 4) is 11.5 Å². The number of rotatable bonds is 7. The summed E-state index contributed by atoms with van der Waals surface area (Å²) in [6, 6.07) is 12.8. The summed E-state index contributed by atoms with van der Waals surface area (Å²) in [5.41, 5.74) is 1.70. The molecule has 28 heavy (non-hydrogen) atoms. The number of hydrogen-bond donors (Lipinski definition) is 1. The van der Waals surface area contributed by atoms with Gasteiger partial charge in [0, 0.05) is 24.5 Å². The lowest BCUT2D eigenvalue weighted by atomic mass is 10.1. The van der Waals surface area contributed by atoms with Crippen molar-refractivity contribution in [3.05, 3.63) is 53.1 Å². The van der Waals surface area contributed by atoms with Crippen LogP contribution in [-0.2, 0) is 16.0 Å². The summed E-state index contributed by atoms with van der Waals surface area (Å²) in [4.78, 5) is 26.5. The second-order valence-electron chi connectivity index (χ2n) is 6.61. The van der Waals surface area contributed by atoms with E-state index in [0.717, 1.165) is 11.3 Å². The van der Waals surface area contributed by atoms with E-state index in [2.05, 4.69) is 5.32 Å². The molecule has 0 aliphatic carbocycles. The average Bonchev–Trinajstić information content (AvgIpc) is 3.10. The van der Waals surface area contributed by atoms with E-state index in [1.807, 2.05) is 24.3 Å². The van der Waals surface area contributed by atoms with Crippen LogP contribution in [0.25, 0.3) is 0 Å². The van der Waals surface area contributed by atoms with Crippen molar-refractivity contribution in [1.82, 2.24) is 5.32 Å². The number of nitrogens with zero attached hydrogens (tertiary/aromatic N) is 1. The number of hydrogen-bond acceptors (Lipinski definition) is 4. The molecule has 1 fully saturated rings. The zero-order valence-corrected chi connectivity index (χ0v) is 16.7. The standard InChI is InChI=1S/C21H23ClN2O4/c1-27-17-6-3-14(4-7-17)9-10-23-21(26)15-11-20(25)24(13-15)18-12-16(22)5-8-19(18)28-2/h3-8,12,15H,9-11,13H2,1-2H3,(H,23,26). The Hall–Kier alpha value is -2.73. The molecule has 1 N–H and O–H groups in total. The average molecular weight is 403 g/mol. The quantitative estimate of drug-likeness (QED) is 0.772. The second kappa shape index (κ2) is 8.97. The highest BCUT2D eigenvalue weighted by Crippen LogP contribution is 2.35. The van der Waals surface area contributed by atoms with Gasteiger partial charge in [0.2, 0.25) is 11.8 Å². The van der Waals surface area contributed by atoms with Crippen molar-refractivity contribution in [2.24, 2.45) is 5.92 Å². The SMILES string of the molecule is COc1ccc(CCNC(=O)C2CC(=O)N(c3cc(Cl)ccc3OC)C2)cc1. The molecule has 0 aromatic heterocycles. The molecular formula is C21H23ClN2O4. The Bertz CT molecular complexity index is 854. The van der Waals surface area contributed by atoms with Gasteiger partial charge in [-0.1, -0.05) is 23.7 Å². The zero-order chi connectivity index (χ0) is 20.1. The topological polar surface area (TPSA) is 67.9 Å². The monoisotopic (exact) mass is 402 g/mol. The largest absolute Gasteiger partial charge is 0.497 e. The molecule has 1 aliphatic rings. The molecule has 6 nitrogen and oxygen atoms in total. The summed E-state index contributed by atoms with van der Waals surface area (Å²) in [6.45, 7) is 0.820. The molecule has 1 aliphatic heterocycles. The molecule has 3 rings (SSSR count). The summed E-state index contributed by atoms with van der Waals surface area (Å²) in [7, 11) is 3.16. The van der Waals surface area contributed by atoms with Gasteiger partial charge >= 0.3 is 0 Å². The lowest BCUT2D eigenvalue weighted by Gasteiger charge is -2.20.